The number of nitrogens with zero attached hydrogens (tertiary/aromatic N) is 3. The number of aromatic amines is 2. The highest BCUT2D eigenvalue weighted by Gasteiger charge is 2.37. The van der Waals surface area contributed by atoms with E-state index < -0.39 is 126 Å². The number of hydrogen-bond acceptors (Lipinski definition) is 15. The van der Waals surface area contributed by atoms with Gasteiger partial charge < -0.3 is 84.8 Å². The van der Waals surface area contributed by atoms with Crippen molar-refractivity contribution in [3.8, 4) is 0 Å². The standard InChI is InChI=1S/C45H67N15O13/c1-5-22(2)35(59-40(68)32(17-33(63)64)56-41(69)34(46)23(3)61)42(70)58-31(16-27-19-50-21-53-27)39(67)60-36(24(4)62)43(71)57-29(14-25-10-7-6-8-11-25)37(65)55-30(15-26-18-49-20-52-26)38(66)54-28(44(72)73)12-9-13-51-45(47)48/h6-8,10-11,18-24,28-32,34-36,61-62H,5,9,12-17,46H2,1-4H3,(H,49,52)(H,50,53)(H,54,66)(H,55,65)(H,56,69)(H,57,71)(H,58,70)(H,59,68)(H,60,67)(H,63,64)(H,72,73)(H4,47,48,51)/t22-,23+,24+,28-,29-,30-,31-,32-,34-,35-,36-/m0/s1. The number of carboxylic acids is 2. The largest absolute Gasteiger partial charge is 0.481 e. The van der Waals surface area contributed by atoms with Crippen LogP contribution in [0.3, 0.4) is 0 Å². The first-order valence-electron chi connectivity index (χ1n) is 23.2. The van der Waals surface area contributed by atoms with Crippen LogP contribution >= 0.6 is 0 Å². The number of amides is 7. The molecular formula is C45H67N15O13. The third-order valence-corrected chi connectivity index (χ3v) is 11.4. The summed E-state index contributed by atoms with van der Waals surface area (Å²) < 4.78 is 0. The van der Waals surface area contributed by atoms with Gasteiger partial charge in [0, 0.05) is 49.6 Å². The number of nitrogens with one attached hydrogen (secondary N) is 9. The molecule has 1 aromatic carbocycles. The average molecular weight is 1030 g/mol. The number of carboxylic acid groups (broad SMARTS) is 2. The highest BCUT2D eigenvalue weighted by molar-refractivity contribution is 5.98. The molecule has 3 rings (SSSR count). The van der Waals surface area contributed by atoms with Crippen molar-refractivity contribution in [1.29, 1.82) is 0 Å². The first-order valence-corrected chi connectivity index (χ1v) is 23.2. The first-order chi connectivity index (χ1) is 34.5. The first kappa shape index (κ1) is 59.3. The van der Waals surface area contributed by atoms with Crippen LogP contribution in [0.15, 0.2) is 60.4 Å². The monoisotopic (exact) mass is 1030 g/mol. The summed E-state index contributed by atoms with van der Waals surface area (Å²) in [6.45, 7) is 5.73. The summed E-state index contributed by atoms with van der Waals surface area (Å²) in [4.78, 5) is 138. The van der Waals surface area contributed by atoms with E-state index in [9.17, 15) is 63.6 Å². The summed E-state index contributed by atoms with van der Waals surface area (Å²) in [5, 5.41) is 57.3. The molecule has 3 aromatic rings. The fraction of sp³-hybridized carbons (Fsp3) is 0.511. The van der Waals surface area contributed by atoms with Crippen molar-refractivity contribution in [2.45, 2.75) is 133 Å². The van der Waals surface area contributed by atoms with Gasteiger partial charge in [-0.1, -0.05) is 50.6 Å². The fourth-order valence-corrected chi connectivity index (χ4v) is 7.02. The van der Waals surface area contributed by atoms with E-state index in [1.165, 1.54) is 38.9 Å². The van der Waals surface area contributed by atoms with Gasteiger partial charge in [-0.15, -0.1) is 0 Å². The van der Waals surface area contributed by atoms with Crippen molar-refractivity contribution in [2.24, 2.45) is 28.1 Å². The molecule has 73 heavy (non-hydrogen) atoms. The van der Waals surface area contributed by atoms with E-state index in [-0.39, 0.29) is 51.0 Å². The fourth-order valence-electron chi connectivity index (χ4n) is 7.02. The Kier molecular flexibility index (Phi) is 23.9. The van der Waals surface area contributed by atoms with Crippen LogP contribution in [0.4, 0.5) is 0 Å². The molecule has 0 unspecified atom stereocenters. The van der Waals surface area contributed by atoms with Crippen molar-refractivity contribution in [3.63, 3.8) is 0 Å². The van der Waals surface area contributed by atoms with Crippen molar-refractivity contribution < 1.29 is 63.6 Å². The third-order valence-electron chi connectivity index (χ3n) is 11.4. The molecule has 0 saturated heterocycles. The lowest BCUT2D eigenvalue weighted by Crippen LogP contribution is -2.63. The van der Waals surface area contributed by atoms with Crippen LogP contribution in [0.5, 0.6) is 0 Å². The predicted molar refractivity (Wildman–Crippen MR) is 259 cm³/mol. The molecule has 400 valence electrons. The second-order valence-corrected chi connectivity index (χ2v) is 17.3. The number of guanidine groups is 1. The minimum atomic E-state index is -1.81. The molecule has 2 heterocycles. The molecule has 0 fully saturated rings. The Balaban J connectivity index is 1.92. The second-order valence-electron chi connectivity index (χ2n) is 17.3. The normalized spacial score (nSPS) is 15.6. The molecule has 28 heteroatoms. The summed E-state index contributed by atoms with van der Waals surface area (Å²) in [7, 11) is 0. The quantitative estimate of drug-likeness (QED) is 0.0164. The minimum Gasteiger partial charge on any atom is -0.481 e. The number of carbonyl (C=O) groups excluding carboxylic acids is 7. The summed E-state index contributed by atoms with van der Waals surface area (Å²) in [6, 6.07) is -4.10. The molecule has 2 aromatic heterocycles. The lowest BCUT2D eigenvalue weighted by Gasteiger charge is -2.30. The number of aliphatic hydroxyl groups excluding tert-OH is 2. The van der Waals surface area contributed by atoms with Crippen molar-refractivity contribution >= 4 is 59.2 Å². The van der Waals surface area contributed by atoms with E-state index in [1.54, 1.807) is 44.2 Å². The van der Waals surface area contributed by atoms with Crippen LogP contribution in [0.25, 0.3) is 0 Å². The van der Waals surface area contributed by atoms with Crippen LogP contribution in [0, 0.1) is 5.92 Å². The summed E-state index contributed by atoms with van der Waals surface area (Å²) in [6.07, 6.45) is 1.07. The number of aliphatic hydroxyl groups is 2. The topological polar surface area (TPSA) is 467 Å². The molecule has 0 aliphatic rings. The molecule has 0 aliphatic carbocycles. The zero-order valence-electron chi connectivity index (χ0n) is 40.7. The maximum absolute atomic E-state index is 14.3. The van der Waals surface area contributed by atoms with Gasteiger partial charge in [-0.2, -0.15) is 0 Å². The number of rotatable bonds is 31. The molecule has 28 nitrogen and oxygen atoms in total. The highest BCUT2D eigenvalue weighted by atomic mass is 16.4. The Labute approximate surface area is 419 Å². The van der Waals surface area contributed by atoms with E-state index in [1.807, 2.05) is 0 Å². The van der Waals surface area contributed by atoms with E-state index in [2.05, 4.69) is 62.1 Å². The van der Waals surface area contributed by atoms with E-state index in [0.717, 1.165) is 0 Å². The number of aliphatic imine (C=N–C) groups is 1. The van der Waals surface area contributed by atoms with Gasteiger partial charge in [-0.25, -0.2) is 14.8 Å². The Morgan fingerprint density at radius 2 is 1.08 bits per heavy atom. The molecule has 0 bridgehead atoms. The Morgan fingerprint density at radius 3 is 1.55 bits per heavy atom. The second kappa shape index (κ2) is 29.4. The number of hydrogen-bond donors (Lipinski definition) is 16. The minimum absolute atomic E-state index is 0.0771. The maximum atomic E-state index is 14.3. The zero-order chi connectivity index (χ0) is 54.4. The van der Waals surface area contributed by atoms with E-state index >= 15 is 0 Å². The molecule has 19 N–H and O–H groups in total. The third kappa shape index (κ3) is 20.0. The van der Waals surface area contributed by atoms with E-state index in [4.69, 9.17) is 17.2 Å². The molecule has 0 spiro atoms. The van der Waals surface area contributed by atoms with E-state index in [0.29, 0.717) is 17.0 Å². The maximum Gasteiger partial charge on any atom is 0.326 e. The summed E-state index contributed by atoms with van der Waals surface area (Å²) in [5.41, 5.74) is 17.6. The van der Waals surface area contributed by atoms with Gasteiger partial charge in [0.05, 0.1) is 31.3 Å². The molecule has 7 amide bonds. The average Bonchev–Trinajstić information content (AvgIpc) is 4.06. The lowest BCUT2D eigenvalue weighted by atomic mass is 9.96. The van der Waals surface area contributed by atoms with Gasteiger partial charge in [0.15, 0.2) is 5.96 Å². The van der Waals surface area contributed by atoms with Crippen LogP contribution in [-0.4, -0.2) is 167 Å². The molecule has 0 radical (unpaired) electrons. The smallest absolute Gasteiger partial charge is 0.326 e. The van der Waals surface area contributed by atoms with Gasteiger partial charge in [-0.05, 0) is 38.2 Å². The Morgan fingerprint density at radius 1 is 0.616 bits per heavy atom. The molecule has 11 atom stereocenters. The summed E-state index contributed by atoms with van der Waals surface area (Å²) in [5.74, 6) is -10.8. The van der Waals surface area contributed by atoms with Crippen LogP contribution in [-0.2, 0) is 62.4 Å². The Bertz CT molecular complexity index is 2330. The van der Waals surface area contributed by atoms with Gasteiger partial charge in [-0.3, -0.25) is 43.3 Å². The van der Waals surface area contributed by atoms with Crippen LogP contribution in [0.1, 0.15) is 70.3 Å². The number of nitrogens with two attached hydrogens (primary N) is 3. The highest BCUT2D eigenvalue weighted by Crippen LogP contribution is 2.13. The number of benzene rings is 1. The molecular weight excluding hydrogens is 959 g/mol. The van der Waals surface area contributed by atoms with Crippen molar-refractivity contribution in [3.05, 3.63) is 72.3 Å². The number of aliphatic carboxylic acids is 2. The van der Waals surface area contributed by atoms with Gasteiger partial charge in [0.2, 0.25) is 41.4 Å². The van der Waals surface area contributed by atoms with Gasteiger partial charge in [0.25, 0.3) is 0 Å². The SMILES string of the molecule is CC[C@H](C)[C@H](NC(=O)[C@H](CC(=O)O)NC(=O)[C@@H](N)[C@@H](C)O)C(=O)N[C@@H](Cc1cnc[nH]1)C(=O)N[C@H](C(=O)N[C@@H](Cc1ccccc1)C(=O)N[C@@H](Cc1cnc[nH]1)C(=O)N[C@@H](CCCN=C(N)N)C(=O)O)[C@@H](C)O. The van der Waals surface area contributed by atoms with Crippen molar-refractivity contribution in [1.82, 2.24) is 57.2 Å². The Hall–Kier alpha value is -7.98. The van der Waals surface area contributed by atoms with Gasteiger partial charge >= 0.3 is 11.9 Å². The predicted octanol–water partition coefficient (Wildman–Crippen LogP) is -4.70. The molecule has 0 saturated carbocycles. The number of imidazole rings is 2. The zero-order valence-corrected chi connectivity index (χ0v) is 40.7. The molecule has 0 aliphatic heterocycles. The van der Waals surface area contributed by atoms with Crippen molar-refractivity contribution in [2.75, 3.05) is 6.54 Å². The van der Waals surface area contributed by atoms with Gasteiger partial charge in [0.1, 0.15) is 48.3 Å². The summed E-state index contributed by atoms with van der Waals surface area (Å²) >= 11 is 0. The number of carbonyl (C=O) groups is 9. The number of H-pyrrole nitrogens is 2. The van der Waals surface area contributed by atoms with Crippen LogP contribution < -0.4 is 54.4 Å². The number of aromatic nitrogens is 4. The lowest BCUT2D eigenvalue weighted by molar-refractivity contribution is -0.142. The van der Waals surface area contributed by atoms with Crippen LogP contribution in [0.2, 0.25) is 0 Å².